The number of hydrogen-bond acceptors (Lipinski definition) is 4. The summed E-state index contributed by atoms with van der Waals surface area (Å²) < 4.78 is 4.13. The molecule has 0 saturated heterocycles. The summed E-state index contributed by atoms with van der Waals surface area (Å²) in [7, 11) is 0. The van der Waals surface area contributed by atoms with Crippen LogP contribution in [-0.2, 0) is 13.1 Å². The van der Waals surface area contributed by atoms with Crippen molar-refractivity contribution in [1.29, 1.82) is 0 Å². The van der Waals surface area contributed by atoms with Crippen LogP contribution >= 0.6 is 11.6 Å². The van der Waals surface area contributed by atoms with Gasteiger partial charge in [0.1, 0.15) is 11.7 Å². The van der Waals surface area contributed by atoms with Gasteiger partial charge in [-0.15, -0.1) is 0 Å². The standard InChI is InChI=1S/C14H12ClN5O2/c15-12-2-1-11(7-17-12)8-19-5-6-20(14(19)22)13(21)9-18-4-3-16-10-18/h1-7,10H,8-9H2. The summed E-state index contributed by atoms with van der Waals surface area (Å²) in [6.45, 7) is 0.390. The van der Waals surface area contributed by atoms with Gasteiger partial charge < -0.3 is 4.57 Å². The predicted octanol–water partition coefficient (Wildman–Crippen LogP) is 1.28. The van der Waals surface area contributed by atoms with Crippen LogP contribution in [0.3, 0.4) is 0 Å². The molecule has 0 atom stereocenters. The highest BCUT2D eigenvalue weighted by atomic mass is 35.5. The number of pyridine rings is 1. The second kappa shape index (κ2) is 5.98. The summed E-state index contributed by atoms with van der Waals surface area (Å²) in [6.07, 6.45) is 9.40. The van der Waals surface area contributed by atoms with Crippen molar-refractivity contribution in [1.82, 2.24) is 23.7 Å². The van der Waals surface area contributed by atoms with Gasteiger partial charge in [0, 0.05) is 31.0 Å². The van der Waals surface area contributed by atoms with Crippen LogP contribution in [0.5, 0.6) is 0 Å². The molecule has 0 aliphatic heterocycles. The fourth-order valence-corrected chi connectivity index (χ4v) is 2.14. The maximum Gasteiger partial charge on any atom is 0.335 e. The van der Waals surface area contributed by atoms with Crippen LogP contribution in [0.15, 0.2) is 54.2 Å². The second-order valence-electron chi connectivity index (χ2n) is 4.70. The zero-order valence-electron chi connectivity index (χ0n) is 11.5. The number of aromatic nitrogens is 5. The van der Waals surface area contributed by atoms with Crippen LogP contribution in [0.1, 0.15) is 10.4 Å². The van der Waals surface area contributed by atoms with Crippen molar-refractivity contribution < 1.29 is 4.79 Å². The summed E-state index contributed by atoms with van der Waals surface area (Å²) >= 11 is 5.72. The molecule has 3 rings (SSSR count). The number of halogens is 1. The van der Waals surface area contributed by atoms with Gasteiger partial charge in [0.15, 0.2) is 0 Å². The molecule has 0 saturated carbocycles. The van der Waals surface area contributed by atoms with Crippen LogP contribution in [0.25, 0.3) is 0 Å². The van der Waals surface area contributed by atoms with Crippen LogP contribution < -0.4 is 5.69 Å². The first-order valence-corrected chi connectivity index (χ1v) is 6.88. The van der Waals surface area contributed by atoms with Crippen LogP contribution in [0.2, 0.25) is 5.15 Å². The van der Waals surface area contributed by atoms with E-state index in [9.17, 15) is 9.59 Å². The Morgan fingerprint density at radius 3 is 2.77 bits per heavy atom. The molecule has 3 aromatic heterocycles. The Morgan fingerprint density at radius 1 is 1.23 bits per heavy atom. The summed E-state index contributed by atoms with van der Waals surface area (Å²) in [5, 5.41) is 0.393. The summed E-state index contributed by atoms with van der Waals surface area (Å²) in [4.78, 5) is 32.2. The van der Waals surface area contributed by atoms with E-state index in [2.05, 4.69) is 9.97 Å². The van der Waals surface area contributed by atoms with Crippen molar-refractivity contribution in [3.05, 3.63) is 70.6 Å². The molecule has 22 heavy (non-hydrogen) atoms. The van der Waals surface area contributed by atoms with E-state index >= 15 is 0 Å². The number of carbonyl (C=O) groups excluding carboxylic acids is 1. The van der Waals surface area contributed by atoms with E-state index in [1.807, 2.05) is 0 Å². The Kier molecular flexibility index (Phi) is 3.88. The van der Waals surface area contributed by atoms with Crippen LogP contribution in [-0.4, -0.2) is 29.6 Å². The van der Waals surface area contributed by atoms with Gasteiger partial charge in [-0.2, -0.15) is 0 Å². The largest absolute Gasteiger partial charge is 0.335 e. The highest BCUT2D eigenvalue weighted by molar-refractivity contribution is 6.29. The third-order valence-electron chi connectivity index (χ3n) is 3.13. The number of nitrogens with zero attached hydrogens (tertiary/aromatic N) is 5. The molecule has 7 nitrogen and oxygen atoms in total. The van der Waals surface area contributed by atoms with Gasteiger partial charge in [-0.3, -0.25) is 9.36 Å². The summed E-state index contributed by atoms with van der Waals surface area (Å²) in [5.41, 5.74) is 0.436. The molecule has 112 valence electrons. The Balaban J connectivity index is 1.78. The van der Waals surface area contributed by atoms with Crippen molar-refractivity contribution in [2.75, 3.05) is 0 Å². The molecule has 0 spiro atoms. The molecule has 3 heterocycles. The average Bonchev–Trinajstić information content (AvgIpc) is 3.12. The third-order valence-corrected chi connectivity index (χ3v) is 3.36. The fraction of sp³-hybridized carbons (Fsp3) is 0.143. The smallest absolute Gasteiger partial charge is 0.328 e. The topological polar surface area (TPSA) is 74.7 Å². The van der Waals surface area contributed by atoms with Gasteiger partial charge in [0.2, 0.25) is 0 Å². The van der Waals surface area contributed by atoms with Crippen molar-refractivity contribution >= 4 is 17.5 Å². The highest BCUT2D eigenvalue weighted by Crippen LogP contribution is 2.06. The predicted molar refractivity (Wildman–Crippen MR) is 79.9 cm³/mol. The molecule has 0 aliphatic carbocycles. The molecule has 0 amide bonds. The van der Waals surface area contributed by atoms with Crippen molar-refractivity contribution in [2.24, 2.45) is 0 Å². The minimum Gasteiger partial charge on any atom is -0.328 e. The minimum atomic E-state index is -0.389. The molecular weight excluding hydrogens is 306 g/mol. The Labute approximate surface area is 130 Å². The lowest BCUT2D eigenvalue weighted by atomic mass is 10.3. The van der Waals surface area contributed by atoms with Gasteiger partial charge >= 0.3 is 5.69 Å². The number of imidazole rings is 2. The normalized spacial score (nSPS) is 10.8. The molecule has 0 bridgehead atoms. The number of carbonyl (C=O) groups is 1. The minimum absolute atomic E-state index is 0.0619. The van der Waals surface area contributed by atoms with E-state index in [1.54, 1.807) is 41.5 Å². The lowest BCUT2D eigenvalue weighted by molar-refractivity contribution is 0.0886. The van der Waals surface area contributed by atoms with Gasteiger partial charge in [0.05, 0.1) is 12.9 Å². The SMILES string of the molecule is O=C(Cn1ccnc1)n1ccn(Cc2ccc(Cl)nc2)c1=O. The van der Waals surface area contributed by atoms with E-state index in [-0.39, 0.29) is 18.1 Å². The van der Waals surface area contributed by atoms with Crippen molar-refractivity contribution in [2.45, 2.75) is 13.1 Å². The van der Waals surface area contributed by atoms with Crippen LogP contribution in [0, 0.1) is 0 Å². The van der Waals surface area contributed by atoms with E-state index in [1.165, 1.54) is 17.1 Å². The fourth-order valence-electron chi connectivity index (χ4n) is 2.03. The van der Waals surface area contributed by atoms with Gasteiger partial charge in [-0.25, -0.2) is 19.3 Å². The second-order valence-corrected chi connectivity index (χ2v) is 5.08. The molecule has 3 aromatic rings. The van der Waals surface area contributed by atoms with Crippen LogP contribution in [0.4, 0.5) is 0 Å². The Hall–Kier alpha value is -2.67. The molecule has 0 N–H and O–H groups in total. The molecule has 0 fully saturated rings. The lowest BCUT2D eigenvalue weighted by Crippen LogP contribution is -2.31. The van der Waals surface area contributed by atoms with E-state index < -0.39 is 0 Å². The van der Waals surface area contributed by atoms with Gasteiger partial charge in [-0.05, 0) is 11.6 Å². The first-order chi connectivity index (χ1) is 10.6. The molecule has 0 aromatic carbocycles. The van der Waals surface area contributed by atoms with Gasteiger partial charge in [-0.1, -0.05) is 17.7 Å². The van der Waals surface area contributed by atoms with E-state index in [0.29, 0.717) is 11.7 Å². The van der Waals surface area contributed by atoms with E-state index in [0.717, 1.165) is 10.1 Å². The zero-order chi connectivity index (χ0) is 15.5. The maximum absolute atomic E-state index is 12.2. The number of rotatable bonds is 4. The van der Waals surface area contributed by atoms with E-state index in [4.69, 9.17) is 11.6 Å². The molecule has 0 unspecified atom stereocenters. The number of hydrogen-bond donors (Lipinski definition) is 0. The Morgan fingerprint density at radius 2 is 2.09 bits per heavy atom. The molecule has 0 aliphatic rings. The quantitative estimate of drug-likeness (QED) is 0.679. The highest BCUT2D eigenvalue weighted by Gasteiger charge is 2.11. The molecule has 0 radical (unpaired) electrons. The van der Waals surface area contributed by atoms with Crippen molar-refractivity contribution in [3.8, 4) is 0 Å². The lowest BCUT2D eigenvalue weighted by Gasteiger charge is -2.03. The zero-order valence-corrected chi connectivity index (χ0v) is 12.2. The Bertz CT molecular complexity index is 833. The van der Waals surface area contributed by atoms with Gasteiger partial charge in [0.25, 0.3) is 5.91 Å². The first-order valence-electron chi connectivity index (χ1n) is 6.50. The summed E-state index contributed by atoms with van der Waals surface area (Å²) in [5.74, 6) is -0.323. The van der Waals surface area contributed by atoms with Crippen molar-refractivity contribution in [3.63, 3.8) is 0 Å². The first kappa shape index (κ1) is 14.3. The summed E-state index contributed by atoms with van der Waals surface area (Å²) in [6, 6.07) is 3.44. The molecular formula is C14H12ClN5O2. The monoisotopic (exact) mass is 317 g/mol. The maximum atomic E-state index is 12.2. The average molecular weight is 318 g/mol. The third kappa shape index (κ3) is 2.99. The molecule has 8 heteroatoms.